The van der Waals surface area contributed by atoms with Crippen LogP contribution in [0.15, 0.2) is 0 Å². The summed E-state index contributed by atoms with van der Waals surface area (Å²) in [5.41, 5.74) is 0. The van der Waals surface area contributed by atoms with Gasteiger partial charge in [-0.05, 0) is 51.1 Å². The Hall–Kier alpha value is -0.0800. The third-order valence-corrected chi connectivity index (χ3v) is 5.89. The van der Waals surface area contributed by atoms with Crippen LogP contribution in [0.3, 0.4) is 0 Å². The number of hydrogen-bond donors (Lipinski definition) is 1. The van der Waals surface area contributed by atoms with Gasteiger partial charge >= 0.3 is 0 Å². The van der Waals surface area contributed by atoms with Crippen molar-refractivity contribution in [2.45, 2.75) is 89.3 Å². The minimum atomic E-state index is 0.808. The summed E-state index contributed by atoms with van der Waals surface area (Å²) in [6.07, 6.45) is 14.7. The zero-order chi connectivity index (χ0) is 13.1. The first-order chi connectivity index (χ1) is 9.36. The van der Waals surface area contributed by atoms with Crippen LogP contribution in [-0.4, -0.2) is 36.1 Å². The van der Waals surface area contributed by atoms with Crippen LogP contribution in [0.1, 0.15) is 71.1 Å². The SMILES string of the molecule is CCNC1CC2CCCC(C1)N2CCC1CCCC1. The Labute approximate surface area is 119 Å². The predicted molar refractivity (Wildman–Crippen MR) is 81.4 cm³/mol. The van der Waals surface area contributed by atoms with Crippen molar-refractivity contribution in [1.82, 2.24) is 10.2 Å². The third-order valence-electron chi connectivity index (χ3n) is 5.89. The van der Waals surface area contributed by atoms with Crippen molar-refractivity contribution in [2.24, 2.45) is 5.92 Å². The molecule has 110 valence electrons. The van der Waals surface area contributed by atoms with E-state index in [2.05, 4.69) is 17.1 Å². The van der Waals surface area contributed by atoms with Crippen LogP contribution < -0.4 is 5.32 Å². The zero-order valence-electron chi connectivity index (χ0n) is 12.7. The molecule has 2 saturated heterocycles. The molecule has 1 aliphatic carbocycles. The first kappa shape index (κ1) is 13.9. The van der Waals surface area contributed by atoms with Crippen molar-refractivity contribution in [1.29, 1.82) is 0 Å². The quantitative estimate of drug-likeness (QED) is 0.817. The monoisotopic (exact) mass is 264 g/mol. The van der Waals surface area contributed by atoms with Crippen molar-refractivity contribution in [3.63, 3.8) is 0 Å². The maximum atomic E-state index is 3.70. The van der Waals surface area contributed by atoms with E-state index in [-0.39, 0.29) is 0 Å². The molecule has 2 atom stereocenters. The Morgan fingerprint density at radius 2 is 1.63 bits per heavy atom. The summed E-state index contributed by atoms with van der Waals surface area (Å²) < 4.78 is 0. The molecular formula is C17H32N2. The molecule has 3 rings (SSSR count). The minimum Gasteiger partial charge on any atom is -0.314 e. The average molecular weight is 264 g/mol. The Morgan fingerprint density at radius 1 is 0.947 bits per heavy atom. The van der Waals surface area contributed by atoms with Gasteiger partial charge < -0.3 is 5.32 Å². The van der Waals surface area contributed by atoms with Crippen molar-refractivity contribution in [3.05, 3.63) is 0 Å². The highest BCUT2D eigenvalue weighted by molar-refractivity contribution is 4.95. The van der Waals surface area contributed by atoms with E-state index in [0.717, 1.165) is 30.6 Å². The molecule has 1 saturated carbocycles. The molecule has 2 heterocycles. The lowest BCUT2D eigenvalue weighted by molar-refractivity contribution is 0.0208. The topological polar surface area (TPSA) is 15.3 Å². The van der Waals surface area contributed by atoms with Crippen LogP contribution in [0, 0.1) is 5.92 Å². The lowest BCUT2D eigenvalue weighted by Crippen LogP contribution is -2.56. The fraction of sp³-hybridized carbons (Fsp3) is 1.00. The average Bonchev–Trinajstić information content (AvgIpc) is 2.89. The Balaban J connectivity index is 1.52. The lowest BCUT2D eigenvalue weighted by Gasteiger charge is -2.49. The Kier molecular flexibility index (Phi) is 4.81. The second-order valence-corrected chi connectivity index (χ2v) is 7.14. The Bertz CT molecular complexity index is 258. The van der Waals surface area contributed by atoms with Crippen LogP contribution in [-0.2, 0) is 0 Å². The molecule has 3 aliphatic rings. The van der Waals surface area contributed by atoms with E-state index in [4.69, 9.17) is 0 Å². The number of hydrogen-bond acceptors (Lipinski definition) is 2. The van der Waals surface area contributed by atoms with Gasteiger partial charge in [-0.2, -0.15) is 0 Å². The summed E-state index contributed by atoms with van der Waals surface area (Å²) in [7, 11) is 0. The molecule has 0 spiro atoms. The summed E-state index contributed by atoms with van der Waals surface area (Å²) in [5.74, 6) is 1.06. The van der Waals surface area contributed by atoms with Crippen LogP contribution in [0.5, 0.6) is 0 Å². The maximum absolute atomic E-state index is 3.70. The Morgan fingerprint density at radius 3 is 2.26 bits per heavy atom. The molecule has 0 amide bonds. The van der Waals surface area contributed by atoms with Gasteiger partial charge in [0.2, 0.25) is 0 Å². The van der Waals surface area contributed by atoms with Crippen LogP contribution in [0.4, 0.5) is 0 Å². The molecular weight excluding hydrogens is 232 g/mol. The van der Waals surface area contributed by atoms with E-state index in [0.29, 0.717) is 0 Å². The van der Waals surface area contributed by atoms with E-state index in [1.54, 1.807) is 0 Å². The molecule has 0 aromatic carbocycles. The molecule has 19 heavy (non-hydrogen) atoms. The van der Waals surface area contributed by atoms with Crippen molar-refractivity contribution in [2.75, 3.05) is 13.1 Å². The molecule has 2 heteroatoms. The van der Waals surface area contributed by atoms with Gasteiger partial charge in [-0.15, -0.1) is 0 Å². The summed E-state index contributed by atoms with van der Waals surface area (Å²) in [6, 6.07) is 2.61. The second-order valence-electron chi connectivity index (χ2n) is 7.14. The minimum absolute atomic E-state index is 0.808. The predicted octanol–water partition coefficient (Wildman–Crippen LogP) is 3.56. The number of nitrogens with zero attached hydrogens (tertiary/aromatic N) is 1. The first-order valence-corrected chi connectivity index (χ1v) is 8.86. The van der Waals surface area contributed by atoms with E-state index in [9.17, 15) is 0 Å². The summed E-state index contributed by atoms with van der Waals surface area (Å²) in [4.78, 5) is 2.91. The molecule has 0 aromatic heterocycles. The largest absolute Gasteiger partial charge is 0.314 e. The highest BCUT2D eigenvalue weighted by atomic mass is 15.2. The molecule has 0 aromatic rings. The molecule has 0 radical (unpaired) electrons. The number of piperidine rings is 2. The van der Waals surface area contributed by atoms with Crippen molar-refractivity contribution >= 4 is 0 Å². The summed E-state index contributed by atoms with van der Waals surface area (Å²) >= 11 is 0. The summed E-state index contributed by atoms with van der Waals surface area (Å²) in [5, 5.41) is 3.70. The molecule has 2 nitrogen and oxygen atoms in total. The molecule has 2 aliphatic heterocycles. The van der Waals surface area contributed by atoms with Crippen LogP contribution in [0.2, 0.25) is 0 Å². The van der Waals surface area contributed by atoms with Gasteiger partial charge in [0.05, 0.1) is 0 Å². The normalized spacial score (nSPS) is 36.8. The van der Waals surface area contributed by atoms with E-state index < -0.39 is 0 Å². The second kappa shape index (κ2) is 6.58. The fourth-order valence-corrected chi connectivity index (χ4v) is 4.93. The lowest BCUT2D eigenvalue weighted by atomic mass is 9.81. The van der Waals surface area contributed by atoms with Gasteiger partial charge in [0.1, 0.15) is 0 Å². The van der Waals surface area contributed by atoms with Gasteiger partial charge in [-0.1, -0.05) is 39.0 Å². The van der Waals surface area contributed by atoms with Crippen molar-refractivity contribution in [3.8, 4) is 0 Å². The third kappa shape index (κ3) is 3.33. The van der Waals surface area contributed by atoms with Crippen LogP contribution in [0.25, 0.3) is 0 Å². The van der Waals surface area contributed by atoms with Gasteiger partial charge in [0.25, 0.3) is 0 Å². The highest BCUT2D eigenvalue weighted by Gasteiger charge is 2.37. The molecule has 1 N–H and O–H groups in total. The molecule has 2 bridgehead atoms. The zero-order valence-corrected chi connectivity index (χ0v) is 12.7. The standard InChI is InChI=1S/C17H32N2/c1-2-18-15-12-16-8-5-9-17(13-15)19(16)11-10-14-6-3-4-7-14/h14-18H,2-13H2,1H3. The smallest absolute Gasteiger partial charge is 0.0113 e. The number of rotatable bonds is 5. The van der Waals surface area contributed by atoms with Gasteiger partial charge in [0, 0.05) is 18.1 Å². The first-order valence-electron chi connectivity index (χ1n) is 8.86. The van der Waals surface area contributed by atoms with Crippen molar-refractivity contribution < 1.29 is 0 Å². The summed E-state index contributed by atoms with van der Waals surface area (Å²) in [6.45, 7) is 4.80. The van der Waals surface area contributed by atoms with Gasteiger partial charge in [-0.25, -0.2) is 0 Å². The van der Waals surface area contributed by atoms with E-state index >= 15 is 0 Å². The molecule has 2 unspecified atom stereocenters. The fourth-order valence-electron chi connectivity index (χ4n) is 4.93. The maximum Gasteiger partial charge on any atom is 0.0113 e. The van der Waals surface area contributed by atoms with Crippen LogP contribution >= 0.6 is 0 Å². The number of nitrogens with one attached hydrogen (secondary N) is 1. The van der Waals surface area contributed by atoms with E-state index in [1.165, 1.54) is 70.8 Å². The molecule has 3 fully saturated rings. The highest BCUT2D eigenvalue weighted by Crippen LogP contribution is 2.35. The number of fused-ring (bicyclic) bond motifs is 2. The van der Waals surface area contributed by atoms with Gasteiger partial charge in [-0.3, -0.25) is 4.90 Å². The van der Waals surface area contributed by atoms with Gasteiger partial charge in [0.15, 0.2) is 0 Å². The van der Waals surface area contributed by atoms with E-state index in [1.807, 2.05) is 0 Å².